The van der Waals surface area contributed by atoms with Crippen molar-refractivity contribution in [1.82, 2.24) is 0 Å². The van der Waals surface area contributed by atoms with Gasteiger partial charge in [-0.1, -0.05) is 40.5 Å². The molecule has 15 heavy (non-hydrogen) atoms. The summed E-state index contributed by atoms with van der Waals surface area (Å²) in [4.78, 5) is 11.7. The van der Waals surface area contributed by atoms with Gasteiger partial charge >= 0.3 is 0 Å². The van der Waals surface area contributed by atoms with Crippen molar-refractivity contribution in [2.24, 2.45) is 5.92 Å². The summed E-state index contributed by atoms with van der Waals surface area (Å²) >= 11 is 3.53. The summed E-state index contributed by atoms with van der Waals surface area (Å²) < 4.78 is 1.13. The SMILES string of the molecule is O=C1CCCC[C@H]1Cc1ccccc1Br. The third-order valence-corrected chi connectivity index (χ3v) is 3.88. The number of ketones is 1. The second kappa shape index (κ2) is 4.93. The normalized spacial score (nSPS) is 21.7. The first-order chi connectivity index (χ1) is 7.27. The Kier molecular flexibility index (Phi) is 3.57. The van der Waals surface area contributed by atoms with Gasteiger partial charge in [-0.05, 0) is 30.9 Å². The molecule has 2 rings (SSSR count). The third-order valence-electron chi connectivity index (χ3n) is 3.11. The maximum Gasteiger partial charge on any atom is 0.136 e. The molecular weight excluding hydrogens is 252 g/mol. The van der Waals surface area contributed by atoms with Crippen LogP contribution in [0.25, 0.3) is 0 Å². The van der Waals surface area contributed by atoms with Gasteiger partial charge in [0.1, 0.15) is 5.78 Å². The maximum atomic E-state index is 11.7. The van der Waals surface area contributed by atoms with Gasteiger partial charge in [0.2, 0.25) is 0 Å². The maximum absolute atomic E-state index is 11.7. The molecular formula is C13H15BrO. The number of hydrogen-bond acceptors (Lipinski definition) is 1. The van der Waals surface area contributed by atoms with Crippen molar-refractivity contribution in [2.75, 3.05) is 0 Å². The lowest BCUT2D eigenvalue weighted by atomic mass is 9.84. The summed E-state index contributed by atoms with van der Waals surface area (Å²) in [5.41, 5.74) is 1.26. The summed E-state index contributed by atoms with van der Waals surface area (Å²) in [6.07, 6.45) is 5.06. The standard InChI is InChI=1S/C13H15BrO/c14-12-7-3-1-5-10(12)9-11-6-2-4-8-13(11)15/h1,3,5,7,11H,2,4,6,8-9H2/t11-/m0/s1. The van der Waals surface area contributed by atoms with Crippen LogP contribution in [-0.2, 0) is 11.2 Å². The Hall–Kier alpha value is -0.630. The van der Waals surface area contributed by atoms with E-state index in [2.05, 4.69) is 22.0 Å². The molecule has 0 aliphatic heterocycles. The molecule has 0 heterocycles. The van der Waals surface area contributed by atoms with Crippen molar-refractivity contribution in [3.63, 3.8) is 0 Å². The van der Waals surface area contributed by atoms with Crippen LogP contribution in [0.3, 0.4) is 0 Å². The molecule has 1 aromatic carbocycles. The molecule has 0 unspecified atom stereocenters. The van der Waals surface area contributed by atoms with E-state index in [-0.39, 0.29) is 5.92 Å². The lowest BCUT2D eigenvalue weighted by molar-refractivity contribution is -0.124. The minimum Gasteiger partial charge on any atom is -0.299 e. The van der Waals surface area contributed by atoms with Crippen LogP contribution in [0.1, 0.15) is 31.2 Å². The molecule has 80 valence electrons. The van der Waals surface area contributed by atoms with Gasteiger partial charge in [-0.15, -0.1) is 0 Å². The van der Waals surface area contributed by atoms with Crippen LogP contribution >= 0.6 is 15.9 Å². The molecule has 0 aromatic heterocycles. The molecule has 1 fully saturated rings. The van der Waals surface area contributed by atoms with Gasteiger partial charge in [-0.25, -0.2) is 0 Å². The van der Waals surface area contributed by atoms with Crippen LogP contribution in [0.5, 0.6) is 0 Å². The van der Waals surface area contributed by atoms with Crippen molar-refractivity contribution in [2.45, 2.75) is 32.1 Å². The number of benzene rings is 1. The van der Waals surface area contributed by atoms with Crippen LogP contribution < -0.4 is 0 Å². The first kappa shape index (κ1) is 10.9. The Labute approximate surface area is 99.0 Å². The first-order valence-corrected chi connectivity index (χ1v) is 6.33. The summed E-state index contributed by atoms with van der Waals surface area (Å²) in [6.45, 7) is 0. The van der Waals surface area contributed by atoms with E-state index in [0.29, 0.717) is 5.78 Å². The summed E-state index contributed by atoms with van der Waals surface area (Å²) in [5, 5.41) is 0. The van der Waals surface area contributed by atoms with Crippen LogP contribution in [0, 0.1) is 5.92 Å². The first-order valence-electron chi connectivity index (χ1n) is 5.53. The lowest BCUT2D eigenvalue weighted by Gasteiger charge is -2.20. The van der Waals surface area contributed by atoms with Crippen LogP contribution in [0.2, 0.25) is 0 Å². The average molecular weight is 267 g/mol. The molecule has 1 nitrogen and oxygen atoms in total. The number of halogens is 1. The molecule has 1 atom stereocenters. The number of carbonyl (C=O) groups is 1. The highest BCUT2D eigenvalue weighted by Crippen LogP contribution is 2.27. The van der Waals surface area contributed by atoms with Crippen LogP contribution in [0.15, 0.2) is 28.7 Å². The highest BCUT2D eigenvalue weighted by Gasteiger charge is 2.22. The predicted octanol–water partition coefficient (Wildman–Crippen LogP) is 3.75. The van der Waals surface area contributed by atoms with Crippen molar-refractivity contribution < 1.29 is 4.79 Å². The number of rotatable bonds is 2. The smallest absolute Gasteiger partial charge is 0.136 e. The molecule has 0 radical (unpaired) electrons. The Morgan fingerprint density at radius 1 is 1.27 bits per heavy atom. The zero-order valence-corrected chi connectivity index (χ0v) is 10.3. The Morgan fingerprint density at radius 2 is 2.07 bits per heavy atom. The van der Waals surface area contributed by atoms with E-state index in [1.165, 1.54) is 12.0 Å². The van der Waals surface area contributed by atoms with Gasteiger partial charge in [0.05, 0.1) is 0 Å². The Morgan fingerprint density at radius 3 is 2.80 bits per heavy atom. The number of carbonyl (C=O) groups excluding carboxylic acids is 1. The molecule has 0 amide bonds. The molecule has 0 spiro atoms. The fraction of sp³-hybridized carbons (Fsp3) is 0.462. The second-order valence-corrected chi connectivity index (χ2v) is 5.06. The van der Waals surface area contributed by atoms with Crippen LogP contribution in [0.4, 0.5) is 0 Å². The molecule has 1 aliphatic carbocycles. The average Bonchev–Trinajstić information content (AvgIpc) is 2.24. The van der Waals surface area contributed by atoms with Gasteiger partial charge in [0, 0.05) is 16.8 Å². The summed E-state index contributed by atoms with van der Waals surface area (Å²) in [7, 11) is 0. The summed E-state index contributed by atoms with van der Waals surface area (Å²) in [6, 6.07) is 8.19. The lowest BCUT2D eigenvalue weighted by Crippen LogP contribution is -2.21. The van der Waals surface area contributed by atoms with Gasteiger partial charge in [-0.2, -0.15) is 0 Å². The topological polar surface area (TPSA) is 17.1 Å². The third kappa shape index (κ3) is 2.69. The van der Waals surface area contributed by atoms with Crippen molar-refractivity contribution >= 4 is 21.7 Å². The molecule has 0 saturated heterocycles. The van der Waals surface area contributed by atoms with E-state index in [1.807, 2.05) is 18.2 Å². The molecule has 0 bridgehead atoms. The quantitative estimate of drug-likeness (QED) is 0.797. The molecule has 2 heteroatoms. The molecule has 1 aromatic rings. The predicted molar refractivity (Wildman–Crippen MR) is 64.8 cm³/mol. The fourth-order valence-electron chi connectivity index (χ4n) is 2.20. The second-order valence-electron chi connectivity index (χ2n) is 4.20. The Bertz CT molecular complexity index is 359. The van der Waals surface area contributed by atoms with E-state index >= 15 is 0 Å². The van der Waals surface area contributed by atoms with E-state index in [0.717, 1.165) is 30.2 Å². The highest BCUT2D eigenvalue weighted by atomic mass is 79.9. The zero-order chi connectivity index (χ0) is 10.7. The van der Waals surface area contributed by atoms with E-state index in [4.69, 9.17) is 0 Å². The molecule has 1 saturated carbocycles. The van der Waals surface area contributed by atoms with Crippen molar-refractivity contribution in [3.05, 3.63) is 34.3 Å². The minimum absolute atomic E-state index is 0.262. The number of hydrogen-bond donors (Lipinski definition) is 0. The zero-order valence-electron chi connectivity index (χ0n) is 8.71. The fourth-order valence-corrected chi connectivity index (χ4v) is 2.65. The van der Waals surface area contributed by atoms with E-state index < -0.39 is 0 Å². The van der Waals surface area contributed by atoms with Crippen molar-refractivity contribution in [3.8, 4) is 0 Å². The van der Waals surface area contributed by atoms with E-state index in [1.54, 1.807) is 0 Å². The van der Waals surface area contributed by atoms with Crippen molar-refractivity contribution in [1.29, 1.82) is 0 Å². The summed E-state index contributed by atoms with van der Waals surface area (Å²) in [5.74, 6) is 0.717. The van der Waals surface area contributed by atoms with Crippen LogP contribution in [-0.4, -0.2) is 5.78 Å². The number of Topliss-reactive ketones (excluding diaryl/α,β-unsaturated/α-hetero) is 1. The Balaban J connectivity index is 2.08. The van der Waals surface area contributed by atoms with Gasteiger partial charge in [-0.3, -0.25) is 4.79 Å². The highest BCUT2D eigenvalue weighted by molar-refractivity contribution is 9.10. The minimum atomic E-state index is 0.262. The van der Waals surface area contributed by atoms with Gasteiger partial charge in [0.15, 0.2) is 0 Å². The molecule has 1 aliphatic rings. The van der Waals surface area contributed by atoms with Gasteiger partial charge < -0.3 is 0 Å². The monoisotopic (exact) mass is 266 g/mol. The molecule has 0 N–H and O–H groups in total. The van der Waals surface area contributed by atoms with E-state index in [9.17, 15) is 4.79 Å². The van der Waals surface area contributed by atoms with Gasteiger partial charge in [0.25, 0.3) is 0 Å². The largest absolute Gasteiger partial charge is 0.299 e.